The zero-order chi connectivity index (χ0) is 29.4. The van der Waals surface area contributed by atoms with E-state index < -0.39 is 34.3 Å². The molecule has 3 aromatic rings. The van der Waals surface area contributed by atoms with Gasteiger partial charge in [0.2, 0.25) is 11.8 Å². The van der Waals surface area contributed by atoms with Gasteiger partial charge in [0.25, 0.3) is 10.0 Å². The summed E-state index contributed by atoms with van der Waals surface area (Å²) in [6, 6.07) is 18.9. The van der Waals surface area contributed by atoms with Crippen LogP contribution < -0.4 is 14.4 Å². The van der Waals surface area contributed by atoms with Crippen LogP contribution in [0.25, 0.3) is 0 Å². The summed E-state index contributed by atoms with van der Waals surface area (Å²) in [5.41, 5.74) is 0.846. The van der Waals surface area contributed by atoms with E-state index in [-0.39, 0.29) is 29.1 Å². The lowest BCUT2D eigenvalue weighted by molar-refractivity contribution is -0.139. The molecule has 1 N–H and O–H groups in total. The molecule has 1 aliphatic rings. The van der Waals surface area contributed by atoms with E-state index in [1.807, 2.05) is 6.07 Å². The van der Waals surface area contributed by atoms with E-state index in [0.717, 1.165) is 48.5 Å². The second-order valence-corrected chi connectivity index (χ2v) is 12.1. The van der Waals surface area contributed by atoms with Crippen molar-refractivity contribution in [1.29, 1.82) is 0 Å². The Bertz CT molecular complexity index is 1430. The number of benzene rings is 3. The lowest BCUT2D eigenvalue weighted by Gasteiger charge is -2.33. The molecule has 0 bridgehead atoms. The van der Waals surface area contributed by atoms with Gasteiger partial charge in [-0.1, -0.05) is 49.6 Å². The minimum Gasteiger partial charge on any atom is -0.497 e. The third kappa shape index (κ3) is 7.64. The van der Waals surface area contributed by atoms with Crippen LogP contribution in [0.2, 0.25) is 0 Å². The molecular formula is C31H36FN3O5S. The third-order valence-electron chi connectivity index (χ3n) is 7.33. The molecule has 0 saturated heterocycles. The van der Waals surface area contributed by atoms with E-state index in [1.165, 1.54) is 36.3 Å². The summed E-state index contributed by atoms with van der Waals surface area (Å²) < 4.78 is 47.5. The van der Waals surface area contributed by atoms with E-state index in [4.69, 9.17) is 4.74 Å². The maximum Gasteiger partial charge on any atom is 0.264 e. The molecule has 0 spiro atoms. The van der Waals surface area contributed by atoms with Gasteiger partial charge in [0.1, 0.15) is 24.2 Å². The Labute approximate surface area is 241 Å². The number of nitrogens with zero attached hydrogens (tertiary/aromatic N) is 2. The van der Waals surface area contributed by atoms with E-state index in [9.17, 15) is 22.4 Å². The summed E-state index contributed by atoms with van der Waals surface area (Å²) in [5, 5.41) is 3.08. The first-order valence-electron chi connectivity index (χ1n) is 13.7. The van der Waals surface area contributed by atoms with Crippen molar-refractivity contribution in [3.8, 4) is 5.75 Å². The summed E-state index contributed by atoms with van der Waals surface area (Å²) in [5.74, 6) is -0.825. The van der Waals surface area contributed by atoms with Crippen LogP contribution in [0.3, 0.4) is 0 Å². The van der Waals surface area contributed by atoms with Crippen molar-refractivity contribution < 1.29 is 27.1 Å². The molecule has 0 aromatic heterocycles. The van der Waals surface area contributed by atoms with Crippen LogP contribution in [0, 0.1) is 5.82 Å². The van der Waals surface area contributed by atoms with Crippen LogP contribution in [-0.2, 0) is 26.2 Å². The summed E-state index contributed by atoms with van der Waals surface area (Å²) in [4.78, 5) is 28.7. The zero-order valence-corrected chi connectivity index (χ0v) is 24.1. The number of rotatable bonds is 11. The summed E-state index contributed by atoms with van der Waals surface area (Å²) in [6.07, 6.45) is 4.98. The van der Waals surface area contributed by atoms with Gasteiger partial charge in [-0.25, -0.2) is 12.8 Å². The second kappa shape index (κ2) is 13.6. The van der Waals surface area contributed by atoms with E-state index in [0.29, 0.717) is 11.3 Å². The molecule has 10 heteroatoms. The minimum atomic E-state index is -4.20. The standard InChI is InChI=1S/C31H36FN3O5S/c1-23(31(37)33-26-11-5-3-6-12-26)34(21-24-10-9-13-28(20-24)40-2)30(36)22-35(27-18-16-25(32)17-19-27)41(38,39)29-14-7-4-8-15-29/h4,7-10,13-20,23,26H,3,5-6,11-12,21-22H2,1-2H3,(H,33,37)/t23-/m1/s1. The first kappa shape index (κ1) is 30.0. The summed E-state index contributed by atoms with van der Waals surface area (Å²) >= 11 is 0. The van der Waals surface area contributed by atoms with Crippen molar-refractivity contribution in [3.63, 3.8) is 0 Å². The first-order chi connectivity index (χ1) is 19.7. The summed E-state index contributed by atoms with van der Waals surface area (Å²) in [6.45, 7) is 1.11. The number of halogens is 1. The molecule has 0 aliphatic heterocycles. The molecule has 0 heterocycles. The highest BCUT2D eigenvalue weighted by atomic mass is 32.2. The van der Waals surface area contributed by atoms with E-state index >= 15 is 0 Å². The highest BCUT2D eigenvalue weighted by molar-refractivity contribution is 7.92. The molecule has 1 atom stereocenters. The van der Waals surface area contributed by atoms with Gasteiger partial charge in [-0.3, -0.25) is 13.9 Å². The van der Waals surface area contributed by atoms with Crippen molar-refractivity contribution in [3.05, 3.63) is 90.2 Å². The van der Waals surface area contributed by atoms with Crippen LogP contribution in [-0.4, -0.2) is 50.9 Å². The highest BCUT2D eigenvalue weighted by Gasteiger charge is 2.33. The molecule has 1 fully saturated rings. The molecule has 0 radical (unpaired) electrons. The third-order valence-corrected chi connectivity index (χ3v) is 9.12. The number of anilines is 1. The largest absolute Gasteiger partial charge is 0.497 e. The van der Waals surface area contributed by atoms with Crippen LogP contribution in [0.5, 0.6) is 5.75 Å². The number of amides is 2. The number of hydrogen-bond donors (Lipinski definition) is 1. The Hall–Kier alpha value is -3.92. The van der Waals surface area contributed by atoms with Crippen LogP contribution >= 0.6 is 0 Å². The molecule has 41 heavy (non-hydrogen) atoms. The van der Waals surface area contributed by atoms with Gasteiger partial charge in [-0.2, -0.15) is 0 Å². The molecule has 2 amide bonds. The Morgan fingerprint density at radius 3 is 2.32 bits per heavy atom. The van der Waals surface area contributed by atoms with Gasteiger partial charge in [0.05, 0.1) is 17.7 Å². The normalized spacial score (nSPS) is 14.6. The lowest BCUT2D eigenvalue weighted by atomic mass is 9.95. The van der Waals surface area contributed by atoms with Crippen LogP contribution in [0.15, 0.2) is 83.8 Å². The number of nitrogens with one attached hydrogen (secondary N) is 1. The Kier molecular flexibility index (Phi) is 9.99. The number of hydrogen-bond acceptors (Lipinski definition) is 5. The molecule has 0 unspecified atom stereocenters. The fourth-order valence-corrected chi connectivity index (χ4v) is 6.41. The van der Waals surface area contributed by atoms with E-state index in [2.05, 4.69) is 5.32 Å². The average molecular weight is 582 g/mol. The predicted molar refractivity (Wildman–Crippen MR) is 155 cm³/mol. The number of sulfonamides is 1. The molecule has 4 rings (SSSR count). The van der Waals surface area contributed by atoms with Crippen molar-refractivity contribution in [2.24, 2.45) is 0 Å². The van der Waals surface area contributed by atoms with Crippen molar-refractivity contribution in [2.75, 3.05) is 18.0 Å². The number of ether oxygens (including phenoxy) is 1. The zero-order valence-electron chi connectivity index (χ0n) is 23.3. The SMILES string of the molecule is COc1cccc(CN(C(=O)CN(c2ccc(F)cc2)S(=O)(=O)c2ccccc2)[C@H](C)C(=O)NC2CCCCC2)c1. The Morgan fingerprint density at radius 2 is 1.66 bits per heavy atom. The van der Waals surface area contributed by atoms with Crippen molar-refractivity contribution in [2.45, 2.75) is 62.6 Å². The molecule has 8 nitrogen and oxygen atoms in total. The summed E-state index contributed by atoms with van der Waals surface area (Å²) in [7, 11) is -2.67. The van der Waals surface area contributed by atoms with Gasteiger partial charge in [0, 0.05) is 12.6 Å². The fraction of sp³-hybridized carbons (Fsp3) is 0.355. The van der Waals surface area contributed by atoms with Gasteiger partial charge in [0.15, 0.2) is 0 Å². The number of methoxy groups -OCH3 is 1. The fourth-order valence-electron chi connectivity index (χ4n) is 4.97. The minimum absolute atomic E-state index is 0.0143. The number of carbonyl (C=O) groups is 2. The first-order valence-corrected chi connectivity index (χ1v) is 15.2. The monoisotopic (exact) mass is 581 g/mol. The molecule has 1 aliphatic carbocycles. The molecule has 1 saturated carbocycles. The molecular weight excluding hydrogens is 545 g/mol. The Morgan fingerprint density at radius 1 is 0.976 bits per heavy atom. The topological polar surface area (TPSA) is 96.0 Å². The predicted octanol–water partition coefficient (Wildman–Crippen LogP) is 4.90. The van der Waals surface area contributed by atoms with Crippen LogP contribution in [0.4, 0.5) is 10.1 Å². The van der Waals surface area contributed by atoms with Gasteiger partial charge >= 0.3 is 0 Å². The van der Waals surface area contributed by atoms with Crippen molar-refractivity contribution in [1.82, 2.24) is 10.2 Å². The van der Waals surface area contributed by atoms with Crippen LogP contribution in [0.1, 0.15) is 44.6 Å². The maximum atomic E-state index is 14.0. The maximum absolute atomic E-state index is 14.0. The molecule has 218 valence electrons. The van der Waals surface area contributed by atoms with Gasteiger partial charge in [-0.15, -0.1) is 0 Å². The van der Waals surface area contributed by atoms with Gasteiger partial charge < -0.3 is 15.0 Å². The Balaban J connectivity index is 1.67. The van der Waals surface area contributed by atoms with Crippen molar-refractivity contribution >= 4 is 27.5 Å². The lowest BCUT2D eigenvalue weighted by Crippen LogP contribution is -2.53. The molecule has 3 aromatic carbocycles. The second-order valence-electron chi connectivity index (χ2n) is 10.2. The quantitative estimate of drug-likeness (QED) is 0.348. The highest BCUT2D eigenvalue weighted by Crippen LogP contribution is 2.25. The number of carbonyl (C=O) groups excluding carboxylic acids is 2. The smallest absolute Gasteiger partial charge is 0.264 e. The van der Waals surface area contributed by atoms with Gasteiger partial charge in [-0.05, 0) is 73.9 Å². The average Bonchev–Trinajstić information content (AvgIpc) is 2.99. The van der Waals surface area contributed by atoms with E-state index in [1.54, 1.807) is 43.3 Å².